The van der Waals surface area contributed by atoms with E-state index in [1.165, 1.54) is 0 Å². The maximum atomic E-state index is 5.74. The van der Waals surface area contributed by atoms with E-state index in [4.69, 9.17) is 5.73 Å². The molecule has 0 bridgehead atoms. The van der Waals surface area contributed by atoms with Crippen LogP contribution in [0.1, 0.15) is 32.8 Å². The predicted molar refractivity (Wildman–Crippen MR) is 56.4 cm³/mol. The maximum absolute atomic E-state index is 5.74. The molecular formula is C11H18N2. The Morgan fingerprint density at radius 2 is 2.08 bits per heavy atom. The first-order valence-electron chi connectivity index (χ1n) is 4.68. The number of hydrogen-bond acceptors (Lipinski definition) is 2. The van der Waals surface area contributed by atoms with Crippen LogP contribution >= 0.6 is 0 Å². The van der Waals surface area contributed by atoms with E-state index in [-0.39, 0.29) is 0 Å². The lowest BCUT2D eigenvalue weighted by Crippen LogP contribution is -2.07. The van der Waals surface area contributed by atoms with E-state index in [1.54, 1.807) is 6.20 Å². The molecule has 72 valence electrons. The van der Waals surface area contributed by atoms with Crippen molar-refractivity contribution in [1.82, 2.24) is 4.98 Å². The van der Waals surface area contributed by atoms with Crippen LogP contribution in [0.3, 0.4) is 0 Å². The maximum Gasteiger partial charge on any atom is 0.126 e. The minimum absolute atomic E-state index is 0.363. The number of rotatable bonds is 2. The standard InChI is InChI=1S/C11H18N2/c1-11(2,3)7-6-9-5-4-8-13-10(9)12/h4-5,8H,6-7H2,1-3H3,(H2,12,13). The van der Waals surface area contributed by atoms with E-state index in [0.717, 1.165) is 18.4 Å². The molecule has 2 N–H and O–H groups in total. The summed E-state index contributed by atoms with van der Waals surface area (Å²) < 4.78 is 0. The summed E-state index contributed by atoms with van der Waals surface area (Å²) in [6.07, 6.45) is 3.89. The molecule has 0 aliphatic rings. The molecule has 0 saturated carbocycles. The van der Waals surface area contributed by atoms with Gasteiger partial charge in [-0.2, -0.15) is 0 Å². The van der Waals surface area contributed by atoms with Crippen molar-refractivity contribution in [2.75, 3.05) is 5.73 Å². The molecule has 0 aromatic carbocycles. The molecule has 2 heteroatoms. The summed E-state index contributed by atoms with van der Waals surface area (Å²) in [6, 6.07) is 3.99. The minimum Gasteiger partial charge on any atom is -0.383 e. The van der Waals surface area contributed by atoms with Crippen molar-refractivity contribution >= 4 is 5.82 Å². The molecule has 1 aromatic heterocycles. The average molecular weight is 178 g/mol. The Labute approximate surface area is 80.2 Å². The largest absolute Gasteiger partial charge is 0.383 e. The van der Waals surface area contributed by atoms with Gasteiger partial charge < -0.3 is 5.73 Å². The smallest absolute Gasteiger partial charge is 0.126 e. The fraction of sp³-hybridized carbons (Fsp3) is 0.545. The zero-order chi connectivity index (χ0) is 9.90. The van der Waals surface area contributed by atoms with Crippen LogP contribution in [0.2, 0.25) is 0 Å². The molecule has 0 spiro atoms. The molecular weight excluding hydrogens is 160 g/mol. The van der Waals surface area contributed by atoms with Crippen LogP contribution < -0.4 is 5.73 Å². The van der Waals surface area contributed by atoms with Crippen LogP contribution in [0.15, 0.2) is 18.3 Å². The lowest BCUT2D eigenvalue weighted by Gasteiger charge is -2.17. The third kappa shape index (κ3) is 3.45. The molecule has 2 nitrogen and oxygen atoms in total. The topological polar surface area (TPSA) is 38.9 Å². The highest BCUT2D eigenvalue weighted by Gasteiger charge is 2.10. The van der Waals surface area contributed by atoms with Gasteiger partial charge in [0.25, 0.3) is 0 Å². The second-order valence-corrected chi connectivity index (χ2v) is 4.61. The Morgan fingerprint density at radius 1 is 1.38 bits per heavy atom. The Bertz CT molecular complexity index is 274. The molecule has 0 unspecified atom stereocenters. The van der Waals surface area contributed by atoms with Gasteiger partial charge in [-0.25, -0.2) is 4.98 Å². The van der Waals surface area contributed by atoms with Gasteiger partial charge in [0.15, 0.2) is 0 Å². The van der Waals surface area contributed by atoms with Gasteiger partial charge in [-0.3, -0.25) is 0 Å². The summed E-state index contributed by atoms with van der Waals surface area (Å²) >= 11 is 0. The molecule has 0 fully saturated rings. The molecule has 13 heavy (non-hydrogen) atoms. The van der Waals surface area contributed by atoms with Crippen LogP contribution in [0, 0.1) is 5.41 Å². The predicted octanol–water partition coefficient (Wildman–Crippen LogP) is 2.64. The van der Waals surface area contributed by atoms with Crippen LogP contribution in [0.5, 0.6) is 0 Å². The Morgan fingerprint density at radius 3 is 2.62 bits per heavy atom. The first kappa shape index (κ1) is 10.0. The minimum atomic E-state index is 0.363. The Kier molecular flexibility index (Phi) is 2.91. The van der Waals surface area contributed by atoms with Gasteiger partial charge in [-0.05, 0) is 29.9 Å². The summed E-state index contributed by atoms with van der Waals surface area (Å²) in [7, 11) is 0. The van der Waals surface area contributed by atoms with Crippen molar-refractivity contribution in [2.45, 2.75) is 33.6 Å². The van der Waals surface area contributed by atoms with Gasteiger partial charge >= 0.3 is 0 Å². The SMILES string of the molecule is CC(C)(C)CCc1cccnc1N. The molecule has 1 heterocycles. The fourth-order valence-corrected chi connectivity index (χ4v) is 1.17. The summed E-state index contributed by atoms with van der Waals surface area (Å²) in [5.41, 5.74) is 7.27. The number of pyridine rings is 1. The number of hydrogen-bond donors (Lipinski definition) is 1. The number of anilines is 1. The summed E-state index contributed by atoms with van der Waals surface area (Å²) in [5, 5.41) is 0. The third-order valence-corrected chi connectivity index (χ3v) is 2.07. The highest BCUT2D eigenvalue weighted by molar-refractivity contribution is 5.38. The number of nitrogen functional groups attached to an aromatic ring is 1. The lowest BCUT2D eigenvalue weighted by atomic mass is 9.89. The van der Waals surface area contributed by atoms with Gasteiger partial charge in [-0.1, -0.05) is 26.8 Å². The molecule has 1 aromatic rings. The van der Waals surface area contributed by atoms with E-state index < -0.39 is 0 Å². The van der Waals surface area contributed by atoms with E-state index in [2.05, 4.69) is 25.8 Å². The second kappa shape index (κ2) is 3.77. The molecule has 0 amide bonds. The van der Waals surface area contributed by atoms with Crippen LogP contribution in [0.4, 0.5) is 5.82 Å². The van der Waals surface area contributed by atoms with Crippen molar-refractivity contribution in [3.63, 3.8) is 0 Å². The van der Waals surface area contributed by atoms with Crippen molar-refractivity contribution in [1.29, 1.82) is 0 Å². The van der Waals surface area contributed by atoms with E-state index in [0.29, 0.717) is 11.2 Å². The highest BCUT2D eigenvalue weighted by atomic mass is 14.8. The molecule has 0 atom stereocenters. The average Bonchev–Trinajstić information content (AvgIpc) is 2.01. The van der Waals surface area contributed by atoms with Gasteiger partial charge in [0, 0.05) is 6.20 Å². The fourth-order valence-electron chi connectivity index (χ4n) is 1.17. The van der Waals surface area contributed by atoms with Crippen molar-refractivity contribution < 1.29 is 0 Å². The molecule has 0 saturated heterocycles. The summed E-state index contributed by atoms with van der Waals surface area (Å²) in [4.78, 5) is 4.06. The van der Waals surface area contributed by atoms with Crippen LogP contribution in [0.25, 0.3) is 0 Å². The molecule has 0 aliphatic carbocycles. The van der Waals surface area contributed by atoms with Crippen molar-refractivity contribution in [3.8, 4) is 0 Å². The zero-order valence-electron chi connectivity index (χ0n) is 8.67. The van der Waals surface area contributed by atoms with E-state index in [1.807, 2.05) is 12.1 Å². The molecule has 0 radical (unpaired) electrons. The van der Waals surface area contributed by atoms with Gasteiger partial charge in [0.05, 0.1) is 0 Å². The van der Waals surface area contributed by atoms with Crippen molar-refractivity contribution in [3.05, 3.63) is 23.9 Å². The van der Waals surface area contributed by atoms with Gasteiger partial charge in [0.1, 0.15) is 5.82 Å². The Hall–Kier alpha value is -1.05. The molecule has 1 rings (SSSR count). The monoisotopic (exact) mass is 178 g/mol. The van der Waals surface area contributed by atoms with Gasteiger partial charge in [-0.15, -0.1) is 0 Å². The number of aryl methyl sites for hydroxylation is 1. The first-order valence-corrected chi connectivity index (χ1v) is 4.68. The molecule has 0 aliphatic heterocycles. The van der Waals surface area contributed by atoms with E-state index in [9.17, 15) is 0 Å². The van der Waals surface area contributed by atoms with Crippen LogP contribution in [-0.4, -0.2) is 4.98 Å². The van der Waals surface area contributed by atoms with Gasteiger partial charge in [0.2, 0.25) is 0 Å². The summed E-state index contributed by atoms with van der Waals surface area (Å²) in [6.45, 7) is 6.71. The highest BCUT2D eigenvalue weighted by Crippen LogP contribution is 2.22. The number of nitrogens with two attached hydrogens (primary N) is 1. The summed E-state index contributed by atoms with van der Waals surface area (Å²) in [5.74, 6) is 0.673. The Balaban J connectivity index is 2.60. The van der Waals surface area contributed by atoms with Crippen LogP contribution in [-0.2, 0) is 6.42 Å². The quantitative estimate of drug-likeness (QED) is 0.756. The third-order valence-electron chi connectivity index (χ3n) is 2.07. The van der Waals surface area contributed by atoms with E-state index >= 15 is 0 Å². The number of aromatic nitrogens is 1. The first-order chi connectivity index (χ1) is 5.99. The normalized spacial score (nSPS) is 11.6. The second-order valence-electron chi connectivity index (χ2n) is 4.61. The van der Waals surface area contributed by atoms with Crippen molar-refractivity contribution in [2.24, 2.45) is 5.41 Å². The number of nitrogens with zero attached hydrogens (tertiary/aromatic N) is 1. The lowest BCUT2D eigenvalue weighted by molar-refractivity contribution is 0.378. The zero-order valence-corrected chi connectivity index (χ0v) is 8.67.